The molecule has 0 amide bonds. The SMILES string of the molecule is CCCCC1=NC(CCCC)(C(CC(C)C)NC(=N)N)N=C1. The predicted octanol–water partition coefficient (Wildman–Crippen LogP) is 3.49. The van der Waals surface area contributed by atoms with Crippen molar-refractivity contribution in [2.75, 3.05) is 0 Å². The summed E-state index contributed by atoms with van der Waals surface area (Å²) in [6.45, 7) is 8.74. The van der Waals surface area contributed by atoms with Crippen LogP contribution in [0.25, 0.3) is 0 Å². The Morgan fingerprint density at radius 3 is 2.55 bits per heavy atom. The van der Waals surface area contributed by atoms with Crippen LogP contribution in [0.3, 0.4) is 0 Å². The van der Waals surface area contributed by atoms with Crippen LogP contribution in [0, 0.1) is 11.3 Å². The fourth-order valence-corrected chi connectivity index (χ4v) is 2.89. The molecule has 4 N–H and O–H groups in total. The van der Waals surface area contributed by atoms with Crippen molar-refractivity contribution < 1.29 is 0 Å². The van der Waals surface area contributed by atoms with Gasteiger partial charge in [-0.2, -0.15) is 0 Å². The standard InChI is InChI=1S/C17H33N5/c1-5-7-9-14-12-20-17(22-14,10-8-6-2)15(11-13(3)4)21-16(18)19/h12-13,15H,5-11H2,1-4H3,(H4,18,19,21). The lowest BCUT2D eigenvalue weighted by Crippen LogP contribution is -2.52. The molecule has 22 heavy (non-hydrogen) atoms. The van der Waals surface area contributed by atoms with Gasteiger partial charge in [-0.1, -0.05) is 40.5 Å². The minimum atomic E-state index is -0.477. The first-order chi connectivity index (χ1) is 10.4. The number of nitrogens with zero attached hydrogens (tertiary/aromatic N) is 2. The Balaban J connectivity index is 3.00. The third kappa shape index (κ3) is 5.43. The number of aliphatic imine (C=N–C) groups is 2. The Bertz CT molecular complexity index is 413. The zero-order chi connectivity index (χ0) is 16.6. The van der Waals surface area contributed by atoms with Crippen LogP contribution in [0.4, 0.5) is 0 Å². The molecule has 2 unspecified atom stereocenters. The molecule has 0 bridgehead atoms. The number of guanidine groups is 1. The Morgan fingerprint density at radius 1 is 1.32 bits per heavy atom. The fourth-order valence-electron chi connectivity index (χ4n) is 2.89. The lowest BCUT2D eigenvalue weighted by molar-refractivity contribution is 0.277. The fraction of sp³-hybridized carbons (Fsp3) is 0.824. The largest absolute Gasteiger partial charge is 0.370 e. The molecule has 126 valence electrons. The van der Waals surface area contributed by atoms with E-state index in [0.717, 1.165) is 50.7 Å². The summed E-state index contributed by atoms with van der Waals surface area (Å²) in [7, 11) is 0. The van der Waals surface area contributed by atoms with Crippen LogP contribution in [0.15, 0.2) is 9.98 Å². The van der Waals surface area contributed by atoms with Crippen LogP contribution in [0.2, 0.25) is 0 Å². The smallest absolute Gasteiger partial charge is 0.186 e. The van der Waals surface area contributed by atoms with Gasteiger partial charge in [0.05, 0.1) is 11.8 Å². The molecule has 5 nitrogen and oxygen atoms in total. The van der Waals surface area contributed by atoms with Gasteiger partial charge < -0.3 is 11.1 Å². The third-order valence-corrected chi connectivity index (χ3v) is 4.05. The van der Waals surface area contributed by atoms with Crippen molar-refractivity contribution in [1.82, 2.24) is 5.32 Å². The van der Waals surface area contributed by atoms with Crippen molar-refractivity contribution in [2.45, 2.75) is 84.3 Å². The zero-order valence-corrected chi connectivity index (χ0v) is 14.7. The molecule has 1 heterocycles. The minimum absolute atomic E-state index is 0.00748. The van der Waals surface area contributed by atoms with Gasteiger partial charge in [0.15, 0.2) is 11.6 Å². The molecule has 0 aliphatic carbocycles. The van der Waals surface area contributed by atoms with Crippen molar-refractivity contribution in [2.24, 2.45) is 21.6 Å². The average molecular weight is 307 g/mol. The van der Waals surface area contributed by atoms with Gasteiger partial charge in [0, 0.05) is 6.21 Å². The molecule has 0 aromatic carbocycles. The van der Waals surface area contributed by atoms with Crippen LogP contribution in [-0.2, 0) is 0 Å². The third-order valence-electron chi connectivity index (χ3n) is 4.05. The molecule has 0 aromatic heterocycles. The maximum Gasteiger partial charge on any atom is 0.186 e. The summed E-state index contributed by atoms with van der Waals surface area (Å²) in [5, 5.41) is 10.7. The van der Waals surface area contributed by atoms with Gasteiger partial charge in [-0.15, -0.1) is 0 Å². The van der Waals surface area contributed by atoms with Crippen LogP contribution in [-0.4, -0.2) is 29.6 Å². The Labute approximate surface area is 135 Å². The van der Waals surface area contributed by atoms with E-state index >= 15 is 0 Å². The van der Waals surface area contributed by atoms with Crippen LogP contribution >= 0.6 is 0 Å². The normalized spacial score (nSPS) is 22.0. The highest BCUT2D eigenvalue weighted by Crippen LogP contribution is 2.32. The molecular formula is C17H33N5. The van der Waals surface area contributed by atoms with E-state index < -0.39 is 5.66 Å². The van der Waals surface area contributed by atoms with Gasteiger partial charge >= 0.3 is 0 Å². The maximum atomic E-state index is 7.62. The summed E-state index contributed by atoms with van der Waals surface area (Å²) in [5.74, 6) is 0.509. The maximum absolute atomic E-state index is 7.62. The molecule has 1 aliphatic heterocycles. The minimum Gasteiger partial charge on any atom is -0.370 e. The van der Waals surface area contributed by atoms with E-state index in [1.165, 1.54) is 0 Å². The van der Waals surface area contributed by atoms with Gasteiger partial charge in [0.25, 0.3) is 0 Å². The van der Waals surface area contributed by atoms with Gasteiger partial charge in [-0.05, 0) is 38.0 Å². The second-order valence-corrected chi connectivity index (χ2v) is 6.69. The highest BCUT2D eigenvalue weighted by molar-refractivity contribution is 6.32. The topological polar surface area (TPSA) is 86.6 Å². The summed E-state index contributed by atoms with van der Waals surface area (Å²) in [5.41, 5.74) is 6.23. The highest BCUT2D eigenvalue weighted by atomic mass is 15.2. The van der Waals surface area contributed by atoms with Gasteiger partial charge in [0.1, 0.15) is 0 Å². The molecule has 2 atom stereocenters. The summed E-state index contributed by atoms with van der Waals surface area (Å²) < 4.78 is 0. The molecule has 1 aliphatic rings. The van der Waals surface area contributed by atoms with Gasteiger partial charge in [0.2, 0.25) is 0 Å². The lowest BCUT2D eigenvalue weighted by Gasteiger charge is -2.34. The van der Waals surface area contributed by atoms with Crippen molar-refractivity contribution in [3.63, 3.8) is 0 Å². The second kappa shape index (κ2) is 8.91. The predicted molar refractivity (Wildman–Crippen MR) is 96.0 cm³/mol. The number of nitrogens with one attached hydrogen (secondary N) is 2. The first kappa shape index (κ1) is 18.7. The second-order valence-electron chi connectivity index (χ2n) is 6.69. The van der Waals surface area contributed by atoms with E-state index in [9.17, 15) is 0 Å². The first-order valence-corrected chi connectivity index (χ1v) is 8.68. The van der Waals surface area contributed by atoms with E-state index in [1.54, 1.807) is 0 Å². The van der Waals surface area contributed by atoms with Crippen LogP contribution < -0.4 is 11.1 Å². The van der Waals surface area contributed by atoms with Gasteiger partial charge in [-0.3, -0.25) is 15.4 Å². The highest BCUT2D eigenvalue weighted by Gasteiger charge is 2.40. The lowest BCUT2D eigenvalue weighted by atomic mass is 9.89. The summed E-state index contributed by atoms with van der Waals surface area (Å²) in [6, 6.07) is -0.00748. The van der Waals surface area contributed by atoms with Crippen LogP contribution in [0.1, 0.15) is 72.6 Å². The Morgan fingerprint density at radius 2 is 2.00 bits per heavy atom. The molecule has 0 aromatic rings. The van der Waals surface area contributed by atoms with Crippen molar-refractivity contribution in [3.8, 4) is 0 Å². The Kier molecular flexibility index (Phi) is 7.56. The average Bonchev–Trinajstić information content (AvgIpc) is 2.86. The van der Waals surface area contributed by atoms with Crippen molar-refractivity contribution in [3.05, 3.63) is 0 Å². The molecule has 0 fully saturated rings. The molecular weight excluding hydrogens is 274 g/mol. The van der Waals surface area contributed by atoms with E-state index in [0.29, 0.717) is 5.92 Å². The Hall–Kier alpha value is -1.39. The van der Waals surface area contributed by atoms with Crippen molar-refractivity contribution in [1.29, 1.82) is 5.41 Å². The van der Waals surface area contributed by atoms with Gasteiger partial charge in [-0.25, -0.2) is 0 Å². The van der Waals surface area contributed by atoms with E-state index in [1.807, 2.05) is 6.21 Å². The molecule has 5 heteroatoms. The number of hydrogen-bond acceptors (Lipinski definition) is 3. The number of nitrogens with two attached hydrogens (primary N) is 1. The molecule has 0 saturated carbocycles. The van der Waals surface area contributed by atoms with E-state index in [2.05, 4.69) is 33.0 Å². The summed E-state index contributed by atoms with van der Waals surface area (Å²) >= 11 is 0. The van der Waals surface area contributed by atoms with E-state index in [-0.39, 0.29) is 12.0 Å². The quantitative estimate of drug-likeness (QED) is 0.426. The number of unbranched alkanes of at least 4 members (excludes halogenated alkanes) is 2. The first-order valence-electron chi connectivity index (χ1n) is 8.68. The van der Waals surface area contributed by atoms with E-state index in [4.69, 9.17) is 21.1 Å². The zero-order valence-electron chi connectivity index (χ0n) is 14.7. The van der Waals surface area contributed by atoms with Crippen molar-refractivity contribution >= 4 is 17.9 Å². The summed E-state index contributed by atoms with van der Waals surface area (Å²) in [6.07, 6.45) is 9.25. The molecule has 0 spiro atoms. The summed E-state index contributed by atoms with van der Waals surface area (Å²) in [4.78, 5) is 9.78. The number of rotatable bonds is 10. The molecule has 0 radical (unpaired) electrons. The number of hydrogen-bond donors (Lipinski definition) is 3. The van der Waals surface area contributed by atoms with Crippen LogP contribution in [0.5, 0.6) is 0 Å². The molecule has 0 saturated heterocycles. The molecule has 1 rings (SSSR count). The monoisotopic (exact) mass is 307 g/mol.